The molecule has 0 bridgehead atoms. The van der Waals surface area contributed by atoms with E-state index in [4.69, 9.17) is 5.73 Å². The van der Waals surface area contributed by atoms with Crippen molar-refractivity contribution in [2.75, 3.05) is 19.6 Å². The normalized spacial score (nSPS) is 11.5. The Labute approximate surface area is 69.9 Å². The molecule has 0 heterocycles. The molecule has 0 fully saturated rings. The summed E-state index contributed by atoms with van der Waals surface area (Å²) in [5.74, 6) is 0. The third-order valence-corrected chi connectivity index (χ3v) is 1.82. The van der Waals surface area contributed by atoms with Gasteiger partial charge in [0.25, 0.3) is 0 Å². The van der Waals surface area contributed by atoms with E-state index >= 15 is 0 Å². The molecule has 0 rings (SSSR count). The second-order valence-electron chi connectivity index (χ2n) is 3.61. The molecule has 0 atom stereocenters. The van der Waals surface area contributed by atoms with E-state index in [0.717, 1.165) is 26.1 Å². The third-order valence-electron chi connectivity index (χ3n) is 1.82. The van der Waals surface area contributed by atoms with Crippen LogP contribution in [0.1, 0.15) is 20.3 Å². The minimum Gasteiger partial charge on any atom is -0.330 e. The quantitative estimate of drug-likeness (QED) is 0.447. The van der Waals surface area contributed by atoms with Gasteiger partial charge in [-0.3, -0.25) is 0 Å². The summed E-state index contributed by atoms with van der Waals surface area (Å²) < 4.78 is 0. The molecule has 0 amide bonds. The summed E-state index contributed by atoms with van der Waals surface area (Å²) in [6.45, 7) is 10.7. The predicted molar refractivity (Wildman–Crippen MR) is 50.5 cm³/mol. The van der Waals surface area contributed by atoms with E-state index in [0.29, 0.717) is 0 Å². The van der Waals surface area contributed by atoms with Gasteiger partial charge in [-0.05, 0) is 24.9 Å². The lowest BCUT2D eigenvalue weighted by Gasteiger charge is -2.21. The molecule has 0 aliphatic heterocycles. The fourth-order valence-electron chi connectivity index (χ4n) is 0.733. The third kappa shape index (κ3) is 6.07. The van der Waals surface area contributed by atoms with Gasteiger partial charge in [0.15, 0.2) is 0 Å². The molecule has 0 saturated heterocycles. The molecule has 0 saturated carbocycles. The van der Waals surface area contributed by atoms with Crippen LogP contribution in [0, 0.1) is 5.41 Å². The Morgan fingerprint density at radius 2 is 2.18 bits per heavy atom. The first-order valence-corrected chi connectivity index (χ1v) is 4.14. The summed E-state index contributed by atoms with van der Waals surface area (Å²) >= 11 is 0. The van der Waals surface area contributed by atoms with E-state index < -0.39 is 0 Å². The lowest BCUT2D eigenvalue weighted by molar-refractivity contribution is 0.342. The van der Waals surface area contributed by atoms with Gasteiger partial charge in [-0.2, -0.15) is 0 Å². The van der Waals surface area contributed by atoms with Crippen molar-refractivity contribution in [2.45, 2.75) is 20.3 Å². The number of hydrogen-bond acceptors (Lipinski definition) is 2. The number of hydrogen-bond donors (Lipinski definition) is 2. The highest BCUT2D eigenvalue weighted by atomic mass is 14.8. The number of nitrogens with one attached hydrogen (secondary N) is 1. The molecule has 0 aliphatic carbocycles. The zero-order valence-corrected chi connectivity index (χ0v) is 7.69. The van der Waals surface area contributed by atoms with Crippen LogP contribution in [0.25, 0.3) is 0 Å². The van der Waals surface area contributed by atoms with E-state index in [2.05, 4.69) is 25.7 Å². The molecule has 0 aromatic carbocycles. The second-order valence-corrected chi connectivity index (χ2v) is 3.61. The zero-order valence-electron chi connectivity index (χ0n) is 7.69. The first-order valence-electron chi connectivity index (χ1n) is 4.14. The van der Waals surface area contributed by atoms with Crippen molar-refractivity contribution in [1.82, 2.24) is 5.32 Å². The Hall–Kier alpha value is -0.340. The van der Waals surface area contributed by atoms with Crippen molar-refractivity contribution in [3.63, 3.8) is 0 Å². The van der Waals surface area contributed by atoms with Crippen molar-refractivity contribution >= 4 is 0 Å². The molecule has 3 N–H and O–H groups in total. The topological polar surface area (TPSA) is 38.0 Å². The van der Waals surface area contributed by atoms with Crippen LogP contribution in [0.5, 0.6) is 0 Å². The van der Waals surface area contributed by atoms with E-state index in [-0.39, 0.29) is 5.41 Å². The Kier molecular flexibility index (Phi) is 5.16. The lowest BCUT2D eigenvalue weighted by atomic mass is 9.90. The molecule has 0 aliphatic rings. The highest BCUT2D eigenvalue weighted by Gasteiger charge is 2.13. The molecule has 0 spiro atoms. The lowest BCUT2D eigenvalue weighted by Crippen LogP contribution is -2.28. The Bertz CT molecular complexity index is 108. The zero-order chi connectivity index (χ0) is 8.74. The van der Waals surface area contributed by atoms with Gasteiger partial charge in [-0.15, -0.1) is 6.58 Å². The standard InChI is InChI=1S/C9H20N2/c1-4-6-11-7-5-9(2,3)8-10/h4,11H,1,5-8,10H2,2-3H3. The monoisotopic (exact) mass is 156 g/mol. The molecule has 2 nitrogen and oxygen atoms in total. The summed E-state index contributed by atoms with van der Waals surface area (Å²) in [7, 11) is 0. The average Bonchev–Trinajstić information content (AvgIpc) is 1.99. The fraction of sp³-hybridized carbons (Fsp3) is 0.778. The minimum atomic E-state index is 0.272. The van der Waals surface area contributed by atoms with E-state index in [9.17, 15) is 0 Å². The van der Waals surface area contributed by atoms with Gasteiger partial charge >= 0.3 is 0 Å². The molecule has 2 heteroatoms. The van der Waals surface area contributed by atoms with Crippen LogP contribution in [0.2, 0.25) is 0 Å². The summed E-state index contributed by atoms with van der Waals surface area (Å²) in [6, 6.07) is 0. The SMILES string of the molecule is C=CCNCCC(C)(C)CN. The summed E-state index contributed by atoms with van der Waals surface area (Å²) in [5.41, 5.74) is 5.85. The van der Waals surface area contributed by atoms with E-state index in [1.54, 1.807) is 0 Å². The summed E-state index contributed by atoms with van der Waals surface area (Å²) in [6.07, 6.45) is 2.99. The highest BCUT2D eigenvalue weighted by Crippen LogP contribution is 2.16. The first-order chi connectivity index (χ1) is 5.12. The van der Waals surface area contributed by atoms with Crippen molar-refractivity contribution in [1.29, 1.82) is 0 Å². The van der Waals surface area contributed by atoms with Gasteiger partial charge in [-0.25, -0.2) is 0 Å². The van der Waals surface area contributed by atoms with Gasteiger partial charge in [0.2, 0.25) is 0 Å². The number of nitrogens with two attached hydrogens (primary N) is 1. The number of rotatable bonds is 6. The molecular formula is C9H20N2. The minimum absolute atomic E-state index is 0.272. The van der Waals surface area contributed by atoms with Crippen molar-refractivity contribution < 1.29 is 0 Å². The van der Waals surface area contributed by atoms with Gasteiger partial charge in [0.05, 0.1) is 0 Å². The van der Waals surface area contributed by atoms with Crippen molar-refractivity contribution in [3.05, 3.63) is 12.7 Å². The largest absolute Gasteiger partial charge is 0.330 e. The Balaban J connectivity index is 3.29. The van der Waals surface area contributed by atoms with Gasteiger partial charge in [0, 0.05) is 6.54 Å². The molecule has 0 radical (unpaired) electrons. The van der Waals surface area contributed by atoms with Crippen molar-refractivity contribution in [2.24, 2.45) is 11.1 Å². The summed E-state index contributed by atoms with van der Waals surface area (Å²) in [4.78, 5) is 0. The second kappa shape index (κ2) is 5.33. The van der Waals surface area contributed by atoms with Crippen LogP contribution in [-0.2, 0) is 0 Å². The van der Waals surface area contributed by atoms with Crippen LogP contribution in [0.3, 0.4) is 0 Å². The smallest absolute Gasteiger partial charge is 0.0132 e. The molecule has 0 unspecified atom stereocenters. The molecule has 66 valence electrons. The van der Waals surface area contributed by atoms with E-state index in [1.807, 2.05) is 6.08 Å². The van der Waals surface area contributed by atoms with Crippen LogP contribution in [0.15, 0.2) is 12.7 Å². The fourth-order valence-corrected chi connectivity index (χ4v) is 0.733. The van der Waals surface area contributed by atoms with Gasteiger partial charge in [-0.1, -0.05) is 19.9 Å². The van der Waals surface area contributed by atoms with Gasteiger partial charge < -0.3 is 11.1 Å². The maximum atomic E-state index is 5.57. The average molecular weight is 156 g/mol. The van der Waals surface area contributed by atoms with Crippen LogP contribution < -0.4 is 11.1 Å². The first kappa shape index (κ1) is 10.7. The highest BCUT2D eigenvalue weighted by molar-refractivity contribution is 4.73. The van der Waals surface area contributed by atoms with E-state index in [1.165, 1.54) is 0 Å². The molecule has 0 aromatic heterocycles. The van der Waals surface area contributed by atoms with Crippen LogP contribution in [0.4, 0.5) is 0 Å². The Morgan fingerprint density at radius 1 is 1.55 bits per heavy atom. The van der Waals surface area contributed by atoms with Crippen LogP contribution in [-0.4, -0.2) is 19.6 Å². The summed E-state index contributed by atoms with van der Waals surface area (Å²) in [5, 5.41) is 3.25. The molecule has 0 aromatic rings. The van der Waals surface area contributed by atoms with Crippen molar-refractivity contribution in [3.8, 4) is 0 Å². The maximum Gasteiger partial charge on any atom is 0.0132 e. The predicted octanol–water partition coefficient (Wildman–Crippen LogP) is 1.14. The molecule has 11 heavy (non-hydrogen) atoms. The Morgan fingerprint density at radius 3 is 2.64 bits per heavy atom. The van der Waals surface area contributed by atoms with Gasteiger partial charge in [0.1, 0.15) is 0 Å². The molecular weight excluding hydrogens is 136 g/mol. The maximum absolute atomic E-state index is 5.57. The van der Waals surface area contributed by atoms with Crippen LogP contribution >= 0.6 is 0 Å².